The summed E-state index contributed by atoms with van der Waals surface area (Å²) in [4.78, 5) is 11.3. The van der Waals surface area contributed by atoms with Crippen molar-refractivity contribution in [3.8, 4) is 0 Å². The Balaban J connectivity index is 1.56. The number of aromatic nitrogens is 2. The molecule has 0 aliphatic carbocycles. The topological polar surface area (TPSA) is 41.1 Å². The average molecular weight is 331 g/mol. The van der Waals surface area contributed by atoms with Gasteiger partial charge in [0.1, 0.15) is 5.82 Å². The zero-order chi connectivity index (χ0) is 16.1. The van der Waals surface area contributed by atoms with Crippen LogP contribution >= 0.6 is 11.6 Å². The lowest BCUT2D eigenvalue weighted by atomic mass is 10.0. The van der Waals surface area contributed by atoms with Crippen LogP contribution in [-0.4, -0.2) is 29.6 Å². The van der Waals surface area contributed by atoms with Crippen LogP contribution in [-0.2, 0) is 6.42 Å². The van der Waals surface area contributed by atoms with Crippen LogP contribution < -0.4 is 10.2 Å². The third kappa shape index (κ3) is 4.58. The van der Waals surface area contributed by atoms with Crippen molar-refractivity contribution < 1.29 is 0 Å². The smallest absolute Gasteiger partial charge is 0.224 e. The number of benzene rings is 1. The first-order chi connectivity index (χ1) is 11.2. The summed E-state index contributed by atoms with van der Waals surface area (Å²) in [5.74, 6) is 2.47. The Bertz CT molecular complexity index is 629. The van der Waals surface area contributed by atoms with Crippen LogP contribution in [0.3, 0.4) is 0 Å². The third-order valence-electron chi connectivity index (χ3n) is 4.23. The predicted molar refractivity (Wildman–Crippen MR) is 96.3 cm³/mol. The summed E-state index contributed by atoms with van der Waals surface area (Å²) in [5, 5.41) is 4.09. The zero-order valence-corrected chi connectivity index (χ0v) is 14.3. The van der Waals surface area contributed by atoms with E-state index in [0.717, 1.165) is 42.8 Å². The Morgan fingerprint density at radius 3 is 2.87 bits per heavy atom. The van der Waals surface area contributed by atoms with Crippen molar-refractivity contribution in [1.82, 2.24) is 9.97 Å². The fraction of sp³-hybridized carbons (Fsp3) is 0.444. The van der Waals surface area contributed by atoms with E-state index in [2.05, 4.69) is 39.2 Å². The lowest BCUT2D eigenvalue weighted by Gasteiger charge is -2.31. The molecule has 122 valence electrons. The molecule has 0 radical (unpaired) electrons. The van der Waals surface area contributed by atoms with Gasteiger partial charge in [0.2, 0.25) is 5.95 Å². The van der Waals surface area contributed by atoms with Crippen LogP contribution in [0.4, 0.5) is 11.8 Å². The molecule has 2 aromatic rings. The summed E-state index contributed by atoms with van der Waals surface area (Å²) in [6.45, 7) is 5.28. The third-order valence-corrected chi connectivity index (χ3v) is 4.48. The quantitative estimate of drug-likeness (QED) is 0.899. The van der Waals surface area contributed by atoms with Crippen LogP contribution in [0.1, 0.15) is 25.3 Å². The number of halogens is 1. The van der Waals surface area contributed by atoms with Crippen molar-refractivity contribution in [3.63, 3.8) is 0 Å². The van der Waals surface area contributed by atoms with E-state index in [1.165, 1.54) is 18.4 Å². The first-order valence-electron chi connectivity index (χ1n) is 8.27. The second-order valence-electron chi connectivity index (χ2n) is 6.24. The Kier molecular flexibility index (Phi) is 5.34. The minimum atomic E-state index is 0.703. The van der Waals surface area contributed by atoms with Gasteiger partial charge in [-0.3, -0.25) is 0 Å². The highest BCUT2D eigenvalue weighted by atomic mass is 35.5. The van der Waals surface area contributed by atoms with Crippen molar-refractivity contribution in [2.24, 2.45) is 5.92 Å². The minimum Gasteiger partial charge on any atom is -0.356 e. The Labute approximate surface area is 142 Å². The maximum absolute atomic E-state index is 5.90. The molecule has 1 fully saturated rings. The lowest BCUT2D eigenvalue weighted by Crippen LogP contribution is -2.34. The number of hydrogen-bond acceptors (Lipinski definition) is 4. The van der Waals surface area contributed by atoms with E-state index in [1.54, 1.807) is 0 Å². The van der Waals surface area contributed by atoms with Gasteiger partial charge in [-0.15, -0.1) is 0 Å². The molecule has 1 unspecified atom stereocenters. The molecular weight excluding hydrogens is 308 g/mol. The molecule has 0 saturated carbocycles. The highest BCUT2D eigenvalue weighted by Gasteiger charge is 2.17. The highest BCUT2D eigenvalue weighted by molar-refractivity contribution is 6.30. The van der Waals surface area contributed by atoms with Crippen molar-refractivity contribution in [2.45, 2.75) is 26.2 Å². The summed E-state index contributed by atoms with van der Waals surface area (Å²) >= 11 is 5.90. The molecule has 2 heterocycles. The first-order valence-corrected chi connectivity index (χ1v) is 8.65. The van der Waals surface area contributed by atoms with Crippen molar-refractivity contribution in [3.05, 3.63) is 47.1 Å². The van der Waals surface area contributed by atoms with E-state index < -0.39 is 0 Å². The van der Waals surface area contributed by atoms with E-state index in [0.29, 0.717) is 5.95 Å². The van der Waals surface area contributed by atoms with Gasteiger partial charge in [-0.25, -0.2) is 4.98 Å². The maximum atomic E-state index is 5.90. The number of nitrogens with one attached hydrogen (secondary N) is 1. The van der Waals surface area contributed by atoms with Crippen molar-refractivity contribution in [1.29, 1.82) is 0 Å². The Morgan fingerprint density at radius 2 is 2.09 bits per heavy atom. The number of rotatable bonds is 5. The molecule has 4 nitrogen and oxygen atoms in total. The van der Waals surface area contributed by atoms with Crippen molar-refractivity contribution in [2.75, 3.05) is 29.9 Å². The van der Waals surface area contributed by atoms with Gasteiger partial charge in [0.05, 0.1) is 0 Å². The van der Waals surface area contributed by atoms with Crippen LogP contribution in [0.2, 0.25) is 5.02 Å². The molecule has 23 heavy (non-hydrogen) atoms. The standard InChI is InChI=1S/C18H23ClN4/c1-14-3-2-12-23(13-14)17-9-11-21-18(22-17)20-10-8-15-4-6-16(19)7-5-15/h4-7,9,11,14H,2-3,8,10,12-13H2,1H3,(H,20,21,22). The molecule has 5 heteroatoms. The van der Waals surface area contributed by atoms with Gasteiger partial charge in [0.25, 0.3) is 0 Å². The SMILES string of the molecule is CC1CCCN(c2ccnc(NCCc3ccc(Cl)cc3)n2)C1. The second kappa shape index (κ2) is 7.64. The molecular formula is C18H23ClN4. The number of hydrogen-bond donors (Lipinski definition) is 1. The van der Waals surface area contributed by atoms with Crippen LogP contribution in [0.15, 0.2) is 36.5 Å². The monoisotopic (exact) mass is 330 g/mol. The fourth-order valence-electron chi connectivity index (χ4n) is 2.98. The van der Waals surface area contributed by atoms with Gasteiger partial charge in [-0.2, -0.15) is 4.98 Å². The molecule has 1 atom stereocenters. The summed E-state index contributed by atoms with van der Waals surface area (Å²) in [5.41, 5.74) is 1.25. The second-order valence-corrected chi connectivity index (χ2v) is 6.67. The first kappa shape index (κ1) is 16.1. The number of piperidine rings is 1. The van der Waals surface area contributed by atoms with E-state index in [9.17, 15) is 0 Å². The Morgan fingerprint density at radius 1 is 1.26 bits per heavy atom. The normalized spacial score (nSPS) is 18.0. The van der Waals surface area contributed by atoms with E-state index in [4.69, 9.17) is 11.6 Å². The molecule has 1 saturated heterocycles. The molecule has 1 aromatic carbocycles. The minimum absolute atomic E-state index is 0.703. The van der Waals surface area contributed by atoms with E-state index in [1.807, 2.05) is 24.4 Å². The highest BCUT2D eigenvalue weighted by Crippen LogP contribution is 2.21. The average Bonchev–Trinajstić information content (AvgIpc) is 2.57. The Hall–Kier alpha value is -1.81. The summed E-state index contributed by atoms with van der Waals surface area (Å²) in [6.07, 6.45) is 5.32. The number of nitrogens with zero attached hydrogens (tertiary/aromatic N) is 3. The predicted octanol–water partition coefficient (Wildman–Crippen LogP) is 4.02. The lowest BCUT2D eigenvalue weighted by molar-refractivity contribution is 0.444. The van der Waals surface area contributed by atoms with Crippen LogP contribution in [0, 0.1) is 5.92 Å². The van der Waals surface area contributed by atoms with Gasteiger partial charge < -0.3 is 10.2 Å². The molecule has 0 bridgehead atoms. The van der Waals surface area contributed by atoms with Crippen LogP contribution in [0.5, 0.6) is 0 Å². The van der Waals surface area contributed by atoms with Gasteiger partial charge in [0, 0.05) is 30.9 Å². The van der Waals surface area contributed by atoms with Gasteiger partial charge >= 0.3 is 0 Å². The molecule has 1 aliphatic rings. The molecule has 1 aromatic heterocycles. The van der Waals surface area contributed by atoms with Gasteiger partial charge in [0.15, 0.2) is 0 Å². The van der Waals surface area contributed by atoms with E-state index in [-0.39, 0.29) is 0 Å². The summed E-state index contributed by atoms with van der Waals surface area (Å²) in [7, 11) is 0. The zero-order valence-electron chi connectivity index (χ0n) is 13.5. The van der Waals surface area contributed by atoms with Gasteiger partial charge in [-0.1, -0.05) is 30.7 Å². The number of anilines is 2. The van der Waals surface area contributed by atoms with Crippen molar-refractivity contribution >= 4 is 23.4 Å². The summed E-state index contributed by atoms with van der Waals surface area (Å²) in [6, 6.07) is 9.95. The van der Waals surface area contributed by atoms with Gasteiger partial charge in [-0.05, 0) is 48.9 Å². The summed E-state index contributed by atoms with van der Waals surface area (Å²) < 4.78 is 0. The largest absolute Gasteiger partial charge is 0.356 e. The molecule has 0 spiro atoms. The molecule has 0 amide bonds. The molecule has 1 N–H and O–H groups in total. The molecule has 3 rings (SSSR count). The van der Waals surface area contributed by atoms with Crippen LogP contribution in [0.25, 0.3) is 0 Å². The maximum Gasteiger partial charge on any atom is 0.224 e. The fourth-order valence-corrected chi connectivity index (χ4v) is 3.10. The van der Waals surface area contributed by atoms with E-state index >= 15 is 0 Å². The molecule has 1 aliphatic heterocycles.